The molecule has 5 atom stereocenters. The van der Waals surface area contributed by atoms with Gasteiger partial charge in [-0.05, 0) is 13.0 Å². The van der Waals surface area contributed by atoms with Crippen molar-refractivity contribution in [1.82, 2.24) is 5.32 Å². The fourth-order valence-corrected chi connectivity index (χ4v) is 1.90. The number of rotatable bonds is 6. The summed E-state index contributed by atoms with van der Waals surface area (Å²) in [5.41, 5.74) is 5.34. The largest absolute Gasteiger partial charge is 0.394 e. The number of nitrogens with one attached hydrogen (secondary N) is 1. The highest BCUT2D eigenvalue weighted by molar-refractivity contribution is 5.85. The summed E-state index contributed by atoms with van der Waals surface area (Å²) < 4.78 is 10.7. The molecule has 0 aromatic rings. The Morgan fingerprint density at radius 1 is 1.40 bits per heavy atom. The molecule has 120 valence electrons. The molecule has 1 saturated heterocycles. The molecule has 1 fully saturated rings. The number of amides is 1. The van der Waals surface area contributed by atoms with Crippen molar-refractivity contribution in [1.29, 1.82) is 0 Å². The third-order valence-electron chi connectivity index (χ3n) is 2.88. The number of nitrogens with two attached hydrogens (primary N) is 1. The quantitative estimate of drug-likeness (QED) is 0.349. The van der Waals surface area contributed by atoms with E-state index < -0.39 is 37.3 Å². The molecule has 0 bridgehead atoms. The van der Waals surface area contributed by atoms with Gasteiger partial charge in [-0.2, -0.15) is 0 Å². The Hall–Kier alpha value is -0.480. The number of hydrogen-bond donors (Lipinski definition) is 5. The summed E-state index contributed by atoms with van der Waals surface area (Å²) in [7, 11) is 0. The number of halogens is 1. The summed E-state index contributed by atoms with van der Waals surface area (Å²) in [5, 5.41) is 31.3. The fraction of sp³-hybridized carbons (Fsp3) is 0.909. The van der Waals surface area contributed by atoms with Gasteiger partial charge in [0, 0.05) is 6.92 Å². The van der Waals surface area contributed by atoms with E-state index >= 15 is 0 Å². The van der Waals surface area contributed by atoms with Crippen molar-refractivity contribution in [2.75, 3.05) is 19.8 Å². The summed E-state index contributed by atoms with van der Waals surface area (Å²) >= 11 is 0. The molecule has 0 aromatic carbocycles. The molecule has 20 heavy (non-hydrogen) atoms. The third kappa shape index (κ3) is 5.13. The first-order valence-electron chi connectivity index (χ1n) is 6.22. The van der Waals surface area contributed by atoms with E-state index in [-0.39, 0.29) is 24.9 Å². The van der Waals surface area contributed by atoms with Crippen LogP contribution in [-0.2, 0) is 14.3 Å². The minimum absolute atomic E-state index is 0. The highest BCUT2D eigenvalue weighted by Gasteiger charge is 2.45. The zero-order valence-electron chi connectivity index (χ0n) is 11.3. The second kappa shape index (κ2) is 9.46. The predicted molar refractivity (Wildman–Crippen MR) is 72.2 cm³/mol. The highest BCUT2D eigenvalue weighted by atomic mass is 35.5. The van der Waals surface area contributed by atoms with E-state index in [0.29, 0.717) is 13.0 Å². The van der Waals surface area contributed by atoms with Crippen LogP contribution in [0.3, 0.4) is 0 Å². The van der Waals surface area contributed by atoms with Gasteiger partial charge in [-0.25, -0.2) is 0 Å². The normalized spacial score (nSPS) is 33.4. The van der Waals surface area contributed by atoms with Crippen LogP contribution < -0.4 is 11.1 Å². The van der Waals surface area contributed by atoms with Crippen molar-refractivity contribution in [3.8, 4) is 0 Å². The van der Waals surface area contributed by atoms with Crippen LogP contribution >= 0.6 is 12.4 Å². The van der Waals surface area contributed by atoms with Gasteiger partial charge in [0.25, 0.3) is 0 Å². The summed E-state index contributed by atoms with van der Waals surface area (Å²) in [5.74, 6) is -0.380. The predicted octanol–water partition coefficient (Wildman–Crippen LogP) is -2.28. The Labute approximate surface area is 123 Å². The summed E-state index contributed by atoms with van der Waals surface area (Å²) in [6.07, 6.45) is -3.88. The first kappa shape index (κ1) is 19.5. The molecule has 6 N–H and O–H groups in total. The van der Waals surface area contributed by atoms with Gasteiger partial charge in [0.2, 0.25) is 5.91 Å². The molecule has 0 spiro atoms. The second-order valence-corrected chi connectivity index (χ2v) is 4.45. The Morgan fingerprint density at radius 2 is 2.05 bits per heavy atom. The van der Waals surface area contributed by atoms with Gasteiger partial charge < -0.3 is 35.8 Å². The molecule has 1 rings (SSSR count). The Kier molecular flexibility index (Phi) is 9.23. The molecular formula is C11H23ClN2O6. The van der Waals surface area contributed by atoms with Gasteiger partial charge >= 0.3 is 0 Å². The van der Waals surface area contributed by atoms with Gasteiger partial charge in [-0.3, -0.25) is 4.79 Å². The molecule has 0 radical (unpaired) electrons. The molecule has 1 heterocycles. The van der Waals surface area contributed by atoms with Crippen LogP contribution in [0.5, 0.6) is 0 Å². The standard InChI is InChI=1S/C11H22N2O6.ClH/c1-6(15)13-8-10(17)9(16)7(5-14)19-11(8)18-4-2-3-12;/h7-11,14,16-17H,2-5,12H2,1H3,(H,13,15);1H/t7-,8-,9+,10-,11-;/m1./s1. The van der Waals surface area contributed by atoms with Crippen molar-refractivity contribution in [2.24, 2.45) is 5.73 Å². The van der Waals surface area contributed by atoms with E-state index in [1.54, 1.807) is 0 Å². The molecule has 1 amide bonds. The number of hydrogen-bond acceptors (Lipinski definition) is 7. The van der Waals surface area contributed by atoms with Crippen LogP contribution in [0.15, 0.2) is 0 Å². The minimum atomic E-state index is -1.30. The fourth-order valence-electron chi connectivity index (χ4n) is 1.90. The number of carbonyl (C=O) groups is 1. The van der Waals surface area contributed by atoms with E-state index in [9.17, 15) is 15.0 Å². The molecule has 8 nitrogen and oxygen atoms in total. The smallest absolute Gasteiger partial charge is 0.217 e. The second-order valence-electron chi connectivity index (χ2n) is 4.45. The van der Waals surface area contributed by atoms with E-state index in [1.807, 2.05) is 0 Å². The van der Waals surface area contributed by atoms with Crippen molar-refractivity contribution in [3.05, 3.63) is 0 Å². The Morgan fingerprint density at radius 3 is 2.55 bits per heavy atom. The van der Waals surface area contributed by atoms with Gasteiger partial charge in [0.1, 0.15) is 24.4 Å². The summed E-state index contributed by atoms with van der Waals surface area (Å²) in [4.78, 5) is 11.1. The minimum Gasteiger partial charge on any atom is -0.394 e. The zero-order valence-corrected chi connectivity index (χ0v) is 12.1. The van der Waals surface area contributed by atoms with Gasteiger partial charge in [0.15, 0.2) is 6.29 Å². The maximum Gasteiger partial charge on any atom is 0.217 e. The first-order chi connectivity index (χ1) is 9.01. The molecule has 1 aliphatic heterocycles. The lowest BCUT2D eigenvalue weighted by Gasteiger charge is -2.42. The maximum absolute atomic E-state index is 11.1. The molecule has 0 unspecified atom stereocenters. The lowest BCUT2D eigenvalue weighted by molar-refractivity contribution is -0.270. The maximum atomic E-state index is 11.1. The van der Waals surface area contributed by atoms with Crippen molar-refractivity contribution >= 4 is 18.3 Å². The number of ether oxygens (including phenoxy) is 2. The van der Waals surface area contributed by atoms with Crippen molar-refractivity contribution in [3.63, 3.8) is 0 Å². The molecular weight excluding hydrogens is 292 g/mol. The number of aliphatic hydroxyl groups is 3. The molecule has 1 aliphatic rings. The van der Waals surface area contributed by atoms with E-state index in [0.717, 1.165) is 0 Å². The van der Waals surface area contributed by atoms with Crippen molar-refractivity contribution in [2.45, 2.75) is 44.0 Å². The molecule has 0 saturated carbocycles. The monoisotopic (exact) mass is 314 g/mol. The Balaban J connectivity index is 0.00000361. The van der Waals surface area contributed by atoms with E-state index in [2.05, 4.69) is 5.32 Å². The SMILES string of the molecule is CC(=O)N[C@H]1[C@H](OCCCN)O[C@H](CO)[C@H](O)[C@@H]1O.Cl. The van der Waals surface area contributed by atoms with Crippen molar-refractivity contribution < 1.29 is 29.6 Å². The average molecular weight is 315 g/mol. The first-order valence-corrected chi connectivity index (χ1v) is 6.22. The lowest BCUT2D eigenvalue weighted by atomic mass is 9.97. The van der Waals surface area contributed by atoms with Crippen LogP contribution in [0, 0.1) is 0 Å². The van der Waals surface area contributed by atoms with Crippen LogP contribution in [-0.4, -0.2) is 71.6 Å². The highest BCUT2D eigenvalue weighted by Crippen LogP contribution is 2.22. The van der Waals surface area contributed by atoms with E-state index in [1.165, 1.54) is 6.92 Å². The average Bonchev–Trinajstić information content (AvgIpc) is 2.37. The lowest BCUT2D eigenvalue weighted by Crippen LogP contribution is -2.64. The Bertz CT molecular complexity index is 296. The summed E-state index contributed by atoms with van der Waals surface area (Å²) in [6, 6.07) is -0.895. The zero-order chi connectivity index (χ0) is 14.4. The number of aliphatic hydroxyl groups excluding tert-OH is 3. The topological polar surface area (TPSA) is 134 Å². The van der Waals surface area contributed by atoms with Crippen LogP contribution in [0.25, 0.3) is 0 Å². The molecule has 0 aliphatic carbocycles. The van der Waals surface area contributed by atoms with Gasteiger partial charge in [-0.15, -0.1) is 12.4 Å². The van der Waals surface area contributed by atoms with Crippen LogP contribution in [0.1, 0.15) is 13.3 Å². The summed E-state index contributed by atoms with van der Waals surface area (Å²) in [6.45, 7) is 1.56. The third-order valence-corrected chi connectivity index (χ3v) is 2.88. The van der Waals surface area contributed by atoms with Gasteiger partial charge in [0.05, 0.1) is 13.2 Å². The molecule has 9 heteroatoms. The van der Waals surface area contributed by atoms with Gasteiger partial charge in [-0.1, -0.05) is 0 Å². The number of carbonyl (C=O) groups excluding carboxylic acids is 1. The van der Waals surface area contributed by atoms with E-state index in [4.69, 9.17) is 20.3 Å². The molecule has 0 aromatic heterocycles. The van der Waals surface area contributed by atoms with Crippen LogP contribution in [0.2, 0.25) is 0 Å². The van der Waals surface area contributed by atoms with Crippen LogP contribution in [0.4, 0.5) is 0 Å².